The molecule has 0 spiro atoms. The lowest BCUT2D eigenvalue weighted by Crippen LogP contribution is -2.52. The molecule has 0 fully saturated rings. The van der Waals surface area contributed by atoms with E-state index in [1.54, 1.807) is 0 Å². The van der Waals surface area contributed by atoms with E-state index in [1.165, 1.54) is 12.6 Å². The van der Waals surface area contributed by atoms with Gasteiger partial charge in [0.05, 0.1) is 13.1 Å². The summed E-state index contributed by atoms with van der Waals surface area (Å²) in [5, 5.41) is 10.4. The standard InChI is InChI=1S/C27H44N8O4/c1-5-17(3)19-10-7-8-11-20(19)18(6-2)14-22(25(38)31-4)35-24(37)16-33-26(39)21(34-23(36)15-28)12-9-13-32-27(29)30/h6-8,10-11,17,21-22H,5,9,12-16,28H2,1-4H3,(H,31,38)(H,33,39)(H,34,36)(H,35,37)(H4,29,30,32)/b18-6-. The van der Waals surface area contributed by atoms with Gasteiger partial charge in [-0.25, -0.2) is 0 Å². The molecule has 0 aliphatic heterocycles. The van der Waals surface area contributed by atoms with Crippen LogP contribution < -0.4 is 38.5 Å². The van der Waals surface area contributed by atoms with Gasteiger partial charge in [0.15, 0.2) is 5.96 Å². The molecule has 12 nitrogen and oxygen atoms in total. The summed E-state index contributed by atoms with van der Waals surface area (Å²) in [5.41, 5.74) is 19.1. The lowest BCUT2D eigenvalue weighted by Gasteiger charge is -2.22. The Morgan fingerprint density at radius 3 is 2.28 bits per heavy atom. The van der Waals surface area contributed by atoms with Gasteiger partial charge in [-0.2, -0.15) is 0 Å². The molecule has 1 rings (SSSR count). The largest absolute Gasteiger partial charge is 0.370 e. The molecule has 1 aromatic carbocycles. The predicted octanol–water partition coefficient (Wildman–Crippen LogP) is -0.162. The Kier molecular flexibility index (Phi) is 14.9. The Labute approximate surface area is 230 Å². The molecule has 0 saturated heterocycles. The molecule has 39 heavy (non-hydrogen) atoms. The van der Waals surface area contributed by atoms with E-state index < -0.39 is 29.8 Å². The first-order valence-electron chi connectivity index (χ1n) is 13.2. The van der Waals surface area contributed by atoms with Gasteiger partial charge in [-0.3, -0.25) is 24.2 Å². The zero-order valence-electron chi connectivity index (χ0n) is 23.4. The van der Waals surface area contributed by atoms with Crippen LogP contribution in [0.2, 0.25) is 0 Å². The molecule has 3 unspecified atom stereocenters. The Morgan fingerprint density at radius 2 is 1.69 bits per heavy atom. The zero-order chi connectivity index (χ0) is 29.4. The van der Waals surface area contributed by atoms with E-state index in [9.17, 15) is 19.2 Å². The number of nitrogens with two attached hydrogens (primary N) is 3. The van der Waals surface area contributed by atoms with E-state index >= 15 is 0 Å². The number of likely N-dealkylation sites (N-methyl/N-ethyl adjacent to an activating group) is 1. The van der Waals surface area contributed by atoms with Crippen molar-refractivity contribution >= 4 is 35.2 Å². The summed E-state index contributed by atoms with van der Waals surface area (Å²) in [6.45, 7) is 5.76. The van der Waals surface area contributed by atoms with Crippen LogP contribution in [0.15, 0.2) is 35.3 Å². The van der Waals surface area contributed by atoms with E-state index in [0.717, 1.165) is 17.6 Å². The number of aliphatic imine (C=N–C) groups is 1. The number of allylic oxidation sites excluding steroid dienone is 1. The fourth-order valence-corrected chi connectivity index (χ4v) is 3.99. The minimum Gasteiger partial charge on any atom is -0.370 e. The molecule has 0 aliphatic carbocycles. The van der Waals surface area contributed by atoms with Crippen LogP contribution in [0, 0.1) is 0 Å². The first-order chi connectivity index (χ1) is 18.6. The van der Waals surface area contributed by atoms with Crippen LogP contribution in [0.5, 0.6) is 0 Å². The summed E-state index contributed by atoms with van der Waals surface area (Å²) in [6, 6.07) is 6.25. The molecule has 3 atom stereocenters. The monoisotopic (exact) mass is 544 g/mol. The van der Waals surface area contributed by atoms with Gasteiger partial charge < -0.3 is 38.5 Å². The van der Waals surface area contributed by atoms with Crippen molar-refractivity contribution in [3.63, 3.8) is 0 Å². The van der Waals surface area contributed by atoms with Crippen LogP contribution in [0.25, 0.3) is 5.57 Å². The van der Waals surface area contributed by atoms with E-state index in [4.69, 9.17) is 17.2 Å². The number of nitrogens with zero attached hydrogens (tertiary/aromatic N) is 1. The Balaban J connectivity index is 2.91. The molecule has 0 bridgehead atoms. The fraction of sp³-hybridized carbons (Fsp3) is 0.519. The summed E-state index contributed by atoms with van der Waals surface area (Å²) < 4.78 is 0. The Hall–Kier alpha value is -3.93. The average Bonchev–Trinajstić information content (AvgIpc) is 2.94. The van der Waals surface area contributed by atoms with E-state index in [-0.39, 0.29) is 44.3 Å². The van der Waals surface area contributed by atoms with Gasteiger partial charge in [0.25, 0.3) is 0 Å². The van der Waals surface area contributed by atoms with Crippen LogP contribution in [0.3, 0.4) is 0 Å². The van der Waals surface area contributed by atoms with Gasteiger partial charge in [0.1, 0.15) is 12.1 Å². The maximum Gasteiger partial charge on any atom is 0.243 e. The van der Waals surface area contributed by atoms with Gasteiger partial charge in [0.2, 0.25) is 23.6 Å². The number of amides is 4. The molecular weight excluding hydrogens is 500 g/mol. The van der Waals surface area contributed by atoms with Gasteiger partial charge in [-0.05, 0) is 48.8 Å². The zero-order valence-corrected chi connectivity index (χ0v) is 23.4. The van der Waals surface area contributed by atoms with Crippen molar-refractivity contribution in [2.45, 2.75) is 64.5 Å². The smallest absolute Gasteiger partial charge is 0.243 e. The molecule has 1 aromatic rings. The topological polar surface area (TPSA) is 207 Å². The second kappa shape index (κ2) is 17.6. The summed E-state index contributed by atoms with van der Waals surface area (Å²) in [4.78, 5) is 53.8. The van der Waals surface area contributed by atoms with Crippen LogP contribution in [0.1, 0.15) is 63.5 Å². The second-order valence-corrected chi connectivity index (χ2v) is 9.14. The summed E-state index contributed by atoms with van der Waals surface area (Å²) in [5.74, 6) is -1.74. The lowest BCUT2D eigenvalue weighted by molar-refractivity contribution is -0.131. The highest BCUT2D eigenvalue weighted by Crippen LogP contribution is 2.30. The minimum atomic E-state index is -0.926. The summed E-state index contributed by atoms with van der Waals surface area (Å²) in [6.07, 6.45) is 3.82. The summed E-state index contributed by atoms with van der Waals surface area (Å²) in [7, 11) is 1.50. The van der Waals surface area contributed by atoms with Crippen molar-refractivity contribution in [2.75, 3.05) is 26.7 Å². The highest BCUT2D eigenvalue weighted by Gasteiger charge is 2.25. The van der Waals surface area contributed by atoms with Crippen molar-refractivity contribution in [3.8, 4) is 0 Å². The first-order valence-corrected chi connectivity index (χ1v) is 13.2. The normalized spacial score (nSPS) is 13.4. The third-order valence-electron chi connectivity index (χ3n) is 6.33. The number of carbonyl (C=O) groups is 4. The molecular formula is C27H44N8O4. The van der Waals surface area contributed by atoms with Crippen molar-refractivity contribution in [1.29, 1.82) is 0 Å². The number of rotatable bonds is 16. The molecule has 4 amide bonds. The molecule has 0 radical (unpaired) electrons. The molecule has 12 heteroatoms. The number of benzene rings is 1. The quantitative estimate of drug-likeness (QED) is 0.0849. The van der Waals surface area contributed by atoms with Crippen LogP contribution in [-0.4, -0.2) is 68.4 Å². The van der Waals surface area contributed by atoms with Crippen molar-refractivity contribution in [3.05, 3.63) is 41.5 Å². The number of nitrogens with one attached hydrogen (secondary N) is 4. The fourth-order valence-electron chi connectivity index (χ4n) is 3.99. The average molecular weight is 545 g/mol. The predicted molar refractivity (Wildman–Crippen MR) is 153 cm³/mol. The molecule has 0 saturated carbocycles. The molecule has 10 N–H and O–H groups in total. The lowest BCUT2D eigenvalue weighted by atomic mass is 9.87. The second-order valence-electron chi connectivity index (χ2n) is 9.14. The third kappa shape index (κ3) is 11.6. The molecule has 216 valence electrons. The SMILES string of the molecule is C/C=C(/CC(NC(=O)CNC(=O)C(CCCN=C(N)N)NC(=O)CN)C(=O)NC)c1ccccc1C(C)CC. The molecule has 0 aromatic heterocycles. The maximum atomic E-state index is 12.8. The van der Waals surface area contributed by atoms with Gasteiger partial charge in [-0.15, -0.1) is 0 Å². The van der Waals surface area contributed by atoms with Crippen molar-refractivity contribution < 1.29 is 19.2 Å². The van der Waals surface area contributed by atoms with Gasteiger partial charge >= 0.3 is 0 Å². The summed E-state index contributed by atoms with van der Waals surface area (Å²) >= 11 is 0. The molecule has 0 aliphatic rings. The Bertz CT molecular complexity index is 1040. The maximum absolute atomic E-state index is 12.8. The van der Waals surface area contributed by atoms with Crippen molar-refractivity contribution in [2.24, 2.45) is 22.2 Å². The van der Waals surface area contributed by atoms with Gasteiger partial charge in [0, 0.05) is 20.0 Å². The number of guanidine groups is 1. The van der Waals surface area contributed by atoms with Crippen LogP contribution in [0.4, 0.5) is 0 Å². The van der Waals surface area contributed by atoms with Gasteiger partial charge in [-0.1, -0.05) is 44.2 Å². The van der Waals surface area contributed by atoms with E-state index in [1.807, 2.05) is 31.2 Å². The third-order valence-corrected chi connectivity index (χ3v) is 6.33. The van der Waals surface area contributed by atoms with E-state index in [0.29, 0.717) is 12.3 Å². The first kappa shape index (κ1) is 33.1. The number of carbonyl (C=O) groups excluding carboxylic acids is 4. The van der Waals surface area contributed by atoms with Crippen LogP contribution >= 0.6 is 0 Å². The Morgan fingerprint density at radius 1 is 1.03 bits per heavy atom. The minimum absolute atomic E-state index is 0.0752. The van der Waals surface area contributed by atoms with Crippen LogP contribution in [-0.2, 0) is 19.2 Å². The highest BCUT2D eigenvalue weighted by atomic mass is 16.2. The van der Waals surface area contributed by atoms with E-state index in [2.05, 4.69) is 46.2 Å². The number of hydrogen-bond acceptors (Lipinski definition) is 6. The number of hydrogen-bond donors (Lipinski definition) is 7. The molecule has 0 heterocycles. The van der Waals surface area contributed by atoms with Crippen molar-refractivity contribution in [1.82, 2.24) is 21.3 Å². The highest BCUT2D eigenvalue weighted by molar-refractivity contribution is 5.93.